The fourth-order valence-corrected chi connectivity index (χ4v) is 4.04. The molecule has 0 radical (unpaired) electrons. The summed E-state index contributed by atoms with van der Waals surface area (Å²) in [4.78, 5) is 11.3. The van der Waals surface area contributed by atoms with Gasteiger partial charge in [-0.25, -0.2) is 4.79 Å². The van der Waals surface area contributed by atoms with Gasteiger partial charge >= 0.3 is 12.1 Å². The van der Waals surface area contributed by atoms with Crippen LogP contribution in [0, 0.1) is 5.92 Å². The van der Waals surface area contributed by atoms with E-state index in [9.17, 15) is 23.1 Å². The average molecular weight is 419 g/mol. The van der Waals surface area contributed by atoms with Crippen LogP contribution < -0.4 is 0 Å². The first-order chi connectivity index (χ1) is 12.5. The van der Waals surface area contributed by atoms with Crippen LogP contribution in [-0.2, 0) is 6.42 Å². The lowest BCUT2D eigenvalue weighted by molar-refractivity contribution is -0.0951. The number of hydrogen-bond donors (Lipinski definition) is 1. The Morgan fingerprint density at radius 3 is 2.44 bits per heavy atom. The highest BCUT2D eigenvalue weighted by atomic mass is 35.5. The third-order valence-electron chi connectivity index (χ3n) is 4.68. The number of aromatic carboxylic acids is 1. The van der Waals surface area contributed by atoms with E-state index in [1.807, 2.05) is 6.08 Å². The van der Waals surface area contributed by atoms with Crippen molar-refractivity contribution in [3.8, 4) is 0 Å². The van der Waals surface area contributed by atoms with Crippen molar-refractivity contribution in [3.63, 3.8) is 0 Å². The van der Waals surface area contributed by atoms with Gasteiger partial charge in [-0.15, -0.1) is 0 Å². The van der Waals surface area contributed by atoms with E-state index in [1.165, 1.54) is 18.2 Å². The fourth-order valence-electron chi connectivity index (χ4n) is 3.45. The molecule has 1 aliphatic carbocycles. The number of benzene rings is 1. The van der Waals surface area contributed by atoms with E-state index in [4.69, 9.17) is 23.2 Å². The van der Waals surface area contributed by atoms with Crippen molar-refractivity contribution in [1.29, 1.82) is 0 Å². The second-order valence-corrected chi connectivity index (χ2v) is 7.34. The molecule has 0 amide bonds. The van der Waals surface area contributed by atoms with Crippen LogP contribution in [0.4, 0.5) is 13.2 Å². The van der Waals surface area contributed by atoms with Gasteiger partial charge in [0.1, 0.15) is 0 Å². The van der Waals surface area contributed by atoms with E-state index in [1.54, 1.807) is 20.8 Å². The molecule has 1 atom stereocenters. The van der Waals surface area contributed by atoms with Gasteiger partial charge in [-0.2, -0.15) is 13.2 Å². The zero-order chi connectivity index (χ0) is 20.5. The van der Waals surface area contributed by atoms with Crippen LogP contribution in [0.1, 0.15) is 43.1 Å². The molecule has 0 bridgehead atoms. The zero-order valence-corrected chi connectivity index (χ0v) is 16.6. The number of halogens is 5. The number of carboxylic acid groups (broad SMARTS) is 1. The van der Waals surface area contributed by atoms with Crippen molar-refractivity contribution in [2.45, 2.75) is 39.8 Å². The maximum atomic E-state index is 13.1. The zero-order valence-electron chi connectivity index (χ0n) is 15.0. The smallest absolute Gasteiger partial charge is 0.412 e. The molecule has 0 saturated heterocycles. The first kappa shape index (κ1) is 21.6. The fraction of sp³-hybridized carbons (Fsp3) is 0.350. The standard InChI is InChI=1S/C20H19Cl2F3O2/c1-4-12(9-15-16(21)6-5-14(18(15)22)19(26)27)17-10(2)7-13(8-11(17)3)20(23,24)25/h4-7,11H,8-9H2,1-3H3,(H,26,27)/b12-4-. The van der Waals surface area contributed by atoms with Gasteiger partial charge in [-0.3, -0.25) is 0 Å². The molecule has 0 aromatic heterocycles. The normalized spacial score (nSPS) is 18.6. The third kappa shape index (κ3) is 4.58. The van der Waals surface area contributed by atoms with Gasteiger partial charge in [0.2, 0.25) is 0 Å². The molecular formula is C20H19Cl2F3O2. The monoisotopic (exact) mass is 418 g/mol. The number of rotatable bonds is 4. The van der Waals surface area contributed by atoms with Crippen molar-refractivity contribution < 1.29 is 23.1 Å². The van der Waals surface area contributed by atoms with Gasteiger partial charge in [-0.1, -0.05) is 42.3 Å². The van der Waals surface area contributed by atoms with E-state index in [2.05, 4.69) is 0 Å². The van der Waals surface area contributed by atoms with Crippen molar-refractivity contribution in [3.05, 3.63) is 67.7 Å². The summed E-state index contributed by atoms with van der Waals surface area (Å²) in [6, 6.07) is 2.80. The van der Waals surface area contributed by atoms with Crippen LogP contribution in [-0.4, -0.2) is 17.3 Å². The Labute approximate surface area is 166 Å². The second-order valence-electron chi connectivity index (χ2n) is 6.55. The van der Waals surface area contributed by atoms with Gasteiger partial charge < -0.3 is 5.11 Å². The lowest BCUT2D eigenvalue weighted by Gasteiger charge is -2.28. The Kier molecular flexibility index (Phi) is 6.48. The summed E-state index contributed by atoms with van der Waals surface area (Å²) in [5, 5.41) is 9.61. The molecule has 146 valence electrons. The van der Waals surface area contributed by atoms with Gasteiger partial charge in [0.25, 0.3) is 0 Å². The molecular weight excluding hydrogens is 400 g/mol. The number of hydrogen-bond acceptors (Lipinski definition) is 1. The highest BCUT2D eigenvalue weighted by Crippen LogP contribution is 2.42. The Morgan fingerprint density at radius 1 is 1.33 bits per heavy atom. The van der Waals surface area contributed by atoms with E-state index in [0.717, 1.165) is 11.1 Å². The van der Waals surface area contributed by atoms with Crippen molar-refractivity contribution in [2.75, 3.05) is 0 Å². The molecule has 1 aromatic carbocycles. The quantitative estimate of drug-likeness (QED) is 0.569. The first-order valence-corrected chi connectivity index (χ1v) is 9.07. The molecule has 2 nitrogen and oxygen atoms in total. The van der Waals surface area contributed by atoms with Crippen LogP contribution in [0.25, 0.3) is 0 Å². The molecule has 0 aliphatic heterocycles. The highest BCUT2D eigenvalue weighted by molar-refractivity contribution is 6.38. The van der Waals surface area contributed by atoms with Gasteiger partial charge in [-0.05, 0) is 60.6 Å². The van der Waals surface area contributed by atoms with Crippen LogP contribution >= 0.6 is 23.2 Å². The van der Waals surface area contributed by atoms with Crippen molar-refractivity contribution in [1.82, 2.24) is 0 Å². The topological polar surface area (TPSA) is 37.3 Å². The minimum Gasteiger partial charge on any atom is -0.478 e. The Bertz CT molecular complexity index is 865. The summed E-state index contributed by atoms with van der Waals surface area (Å²) in [5.74, 6) is -1.50. The summed E-state index contributed by atoms with van der Waals surface area (Å²) >= 11 is 12.5. The van der Waals surface area contributed by atoms with Crippen LogP contribution in [0.2, 0.25) is 10.0 Å². The molecule has 1 aromatic rings. The van der Waals surface area contributed by atoms with Crippen molar-refractivity contribution >= 4 is 29.2 Å². The minimum absolute atomic E-state index is 0.0441. The van der Waals surface area contributed by atoms with Gasteiger partial charge in [0.05, 0.1) is 10.6 Å². The summed E-state index contributed by atoms with van der Waals surface area (Å²) in [7, 11) is 0. The maximum Gasteiger partial charge on any atom is 0.412 e. The molecule has 1 aliphatic rings. The van der Waals surface area contributed by atoms with E-state index >= 15 is 0 Å². The van der Waals surface area contributed by atoms with E-state index in [-0.39, 0.29) is 29.3 Å². The molecule has 0 heterocycles. The summed E-state index contributed by atoms with van der Waals surface area (Å²) < 4.78 is 39.2. The molecule has 7 heteroatoms. The summed E-state index contributed by atoms with van der Waals surface area (Å²) in [6.07, 6.45) is -1.23. The highest BCUT2D eigenvalue weighted by Gasteiger charge is 2.37. The number of carboxylic acids is 1. The third-order valence-corrected chi connectivity index (χ3v) is 5.46. The SMILES string of the molecule is C/C=C(/Cc1c(Cl)ccc(C(=O)O)c1Cl)C1=C(C)C=C(C(F)(F)F)CC1C. The molecule has 0 fully saturated rings. The second kappa shape index (κ2) is 8.11. The molecule has 2 rings (SSSR count). The Morgan fingerprint density at radius 2 is 1.96 bits per heavy atom. The molecule has 0 spiro atoms. The number of allylic oxidation sites excluding steroid dienone is 6. The number of carbonyl (C=O) groups is 1. The van der Waals surface area contributed by atoms with Crippen molar-refractivity contribution in [2.24, 2.45) is 5.92 Å². The predicted octanol–water partition coefficient (Wildman–Crippen LogP) is 7.03. The van der Waals surface area contributed by atoms with Crippen LogP contribution in [0.5, 0.6) is 0 Å². The first-order valence-electron chi connectivity index (χ1n) is 8.31. The number of alkyl halides is 3. The average Bonchev–Trinajstić information content (AvgIpc) is 2.54. The summed E-state index contributed by atoms with van der Waals surface area (Å²) in [6.45, 7) is 5.18. The predicted molar refractivity (Wildman–Crippen MR) is 102 cm³/mol. The molecule has 1 unspecified atom stereocenters. The largest absolute Gasteiger partial charge is 0.478 e. The van der Waals surface area contributed by atoms with Crippen LogP contribution in [0.15, 0.2) is 46.6 Å². The Balaban J connectivity index is 2.49. The van der Waals surface area contributed by atoms with E-state index < -0.39 is 17.7 Å². The van der Waals surface area contributed by atoms with Gasteiger partial charge in [0, 0.05) is 17.0 Å². The minimum atomic E-state index is -4.35. The lowest BCUT2D eigenvalue weighted by atomic mass is 9.79. The molecule has 0 saturated carbocycles. The summed E-state index contributed by atoms with van der Waals surface area (Å²) in [5.41, 5.74) is 1.96. The Hall–Kier alpha value is -1.72. The molecule has 27 heavy (non-hydrogen) atoms. The van der Waals surface area contributed by atoms with Gasteiger partial charge in [0.15, 0.2) is 0 Å². The van der Waals surface area contributed by atoms with Crippen LogP contribution in [0.3, 0.4) is 0 Å². The van der Waals surface area contributed by atoms with E-state index in [0.29, 0.717) is 16.2 Å². The lowest BCUT2D eigenvalue weighted by Crippen LogP contribution is -2.20. The molecule has 1 N–H and O–H groups in total. The maximum absolute atomic E-state index is 13.1.